The van der Waals surface area contributed by atoms with Gasteiger partial charge in [-0.1, -0.05) is 23.4 Å². The van der Waals surface area contributed by atoms with Gasteiger partial charge < -0.3 is 20.3 Å². The number of amides is 1. The minimum atomic E-state index is -0.0300. The fourth-order valence-corrected chi connectivity index (χ4v) is 3.75. The molecule has 150 valence electrons. The highest BCUT2D eigenvalue weighted by atomic mass is 16.5. The van der Waals surface area contributed by atoms with Crippen LogP contribution >= 0.6 is 0 Å². The molecule has 4 rings (SSSR count). The minimum absolute atomic E-state index is 0.0297. The van der Waals surface area contributed by atoms with Crippen LogP contribution in [0.5, 0.6) is 5.75 Å². The van der Waals surface area contributed by atoms with Gasteiger partial charge in [0.15, 0.2) is 0 Å². The number of nitrogens with zero attached hydrogens (tertiary/aromatic N) is 2. The molecule has 0 fully saturated rings. The summed E-state index contributed by atoms with van der Waals surface area (Å²) in [5, 5.41) is 7.18. The number of hydrogen-bond acceptors (Lipinski definition) is 6. The van der Waals surface area contributed by atoms with Gasteiger partial charge in [-0.25, -0.2) is 0 Å². The number of nitrogen functional groups attached to an aromatic ring is 1. The third-order valence-electron chi connectivity index (χ3n) is 4.93. The van der Waals surface area contributed by atoms with Crippen LogP contribution in [0.1, 0.15) is 44.4 Å². The number of carbonyl (C=O) groups is 1. The average Bonchev–Trinajstić information content (AvgIpc) is 3.30. The predicted octanol–water partition coefficient (Wildman–Crippen LogP) is 3.90. The monoisotopic (exact) mass is 392 g/mol. The lowest BCUT2D eigenvalue weighted by Crippen LogP contribution is -2.24. The summed E-state index contributed by atoms with van der Waals surface area (Å²) in [6, 6.07) is 11.5. The molecular weight excluding hydrogens is 368 g/mol. The zero-order valence-electron chi connectivity index (χ0n) is 16.7. The molecule has 7 heteroatoms. The van der Waals surface area contributed by atoms with Crippen molar-refractivity contribution in [2.24, 2.45) is 0 Å². The Labute approximate surface area is 169 Å². The van der Waals surface area contributed by atoms with Gasteiger partial charge in [-0.05, 0) is 56.0 Å². The third kappa shape index (κ3) is 3.81. The molecule has 3 aromatic rings. The zero-order chi connectivity index (χ0) is 20.5. The molecule has 29 heavy (non-hydrogen) atoms. The standard InChI is InChI=1S/C22H24N4O3/c1-12(2)28-20-10-7-14(11-18(20)23)22-25-21(26-29-22)17-6-4-5-16-15(17)8-9-19(16)24-13(3)27/h4-7,10-12,19H,8-9,23H2,1-3H3,(H,24,27)/t19-/m0/s1. The number of nitrogens with two attached hydrogens (primary N) is 1. The fourth-order valence-electron chi connectivity index (χ4n) is 3.75. The summed E-state index contributed by atoms with van der Waals surface area (Å²) in [5.74, 6) is 1.53. The Morgan fingerprint density at radius 1 is 1.31 bits per heavy atom. The van der Waals surface area contributed by atoms with Crippen molar-refractivity contribution in [3.63, 3.8) is 0 Å². The Morgan fingerprint density at radius 2 is 2.14 bits per heavy atom. The van der Waals surface area contributed by atoms with Crippen molar-refractivity contribution in [2.75, 3.05) is 5.73 Å². The molecule has 0 saturated carbocycles. The van der Waals surface area contributed by atoms with Crippen LogP contribution in [0.15, 0.2) is 40.9 Å². The van der Waals surface area contributed by atoms with E-state index in [1.54, 1.807) is 6.07 Å². The molecule has 0 saturated heterocycles. The van der Waals surface area contributed by atoms with E-state index in [9.17, 15) is 4.79 Å². The van der Waals surface area contributed by atoms with E-state index in [4.69, 9.17) is 15.0 Å². The molecule has 0 unspecified atom stereocenters. The summed E-state index contributed by atoms with van der Waals surface area (Å²) in [7, 11) is 0. The quantitative estimate of drug-likeness (QED) is 0.639. The zero-order valence-corrected chi connectivity index (χ0v) is 16.7. The number of benzene rings is 2. The highest BCUT2D eigenvalue weighted by Gasteiger charge is 2.27. The molecule has 1 aromatic heterocycles. The van der Waals surface area contributed by atoms with Crippen LogP contribution < -0.4 is 15.8 Å². The summed E-state index contributed by atoms with van der Waals surface area (Å²) in [6.45, 7) is 5.44. The third-order valence-corrected chi connectivity index (χ3v) is 4.93. The normalized spacial score (nSPS) is 15.4. The maximum absolute atomic E-state index is 11.5. The van der Waals surface area contributed by atoms with E-state index in [2.05, 4.69) is 15.5 Å². The molecule has 3 N–H and O–H groups in total. The lowest BCUT2D eigenvalue weighted by atomic mass is 10.0. The summed E-state index contributed by atoms with van der Waals surface area (Å²) in [5.41, 5.74) is 10.6. The largest absolute Gasteiger partial charge is 0.489 e. The van der Waals surface area contributed by atoms with Crippen LogP contribution in [0, 0.1) is 0 Å². The van der Waals surface area contributed by atoms with E-state index in [1.165, 1.54) is 6.92 Å². The molecule has 1 heterocycles. The Morgan fingerprint density at radius 3 is 2.86 bits per heavy atom. The number of ether oxygens (including phenoxy) is 1. The second-order valence-electron chi connectivity index (χ2n) is 7.51. The van der Waals surface area contributed by atoms with Crippen molar-refractivity contribution in [1.82, 2.24) is 15.5 Å². The van der Waals surface area contributed by atoms with Gasteiger partial charge in [0, 0.05) is 18.1 Å². The second kappa shape index (κ2) is 7.58. The molecule has 1 amide bonds. The molecule has 7 nitrogen and oxygen atoms in total. The fraction of sp³-hybridized carbons (Fsp3) is 0.318. The molecule has 0 spiro atoms. The van der Waals surface area contributed by atoms with Crippen molar-refractivity contribution in [2.45, 2.75) is 45.8 Å². The molecule has 1 aliphatic rings. The second-order valence-corrected chi connectivity index (χ2v) is 7.51. The molecule has 1 atom stereocenters. The molecule has 0 radical (unpaired) electrons. The van der Waals surface area contributed by atoms with E-state index < -0.39 is 0 Å². The van der Waals surface area contributed by atoms with Crippen molar-refractivity contribution in [3.05, 3.63) is 47.5 Å². The van der Waals surface area contributed by atoms with Crippen molar-refractivity contribution >= 4 is 11.6 Å². The summed E-state index contributed by atoms with van der Waals surface area (Å²) < 4.78 is 11.2. The van der Waals surface area contributed by atoms with E-state index >= 15 is 0 Å². The number of anilines is 1. The Hall–Kier alpha value is -3.35. The molecular formula is C22H24N4O3. The van der Waals surface area contributed by atoms with Crippen molar-refractivity contribution in [1.29, 1.82) is 0 Å². The molecule has 0 aliphatic heterocycles. The van der Waals surface area contributed by atoms with Crippen LogP contribution in [0.4, 0.5) is 5.69 Å². The number of rotatable bonds is 5. The van der Waals surface area contributed by atoms with Crippen molar-refractivity contribution < 1.29 is 14.1 Å². The first kappa shape index (κ1) is 19.0. The first-order chi connectivity index (χ1) is 13.9. The van der Waals surface area contributed by atoms with E-state index in [1.807, 2.05) is 44.2 Å². The summed E-state index contributed by atoms with van der Waals surface area (Å²) >= 11 is 0. The van der Waals surface area contributed by atoms with Crippen LogP contribution in [0.3, 0.4) is 0 Å². The van der Waals surface area contributed by atoms with Crippen molar-refractivity contribution in [3.8, 4) is 28.6 Å². The first-order valence-electron chi connectivity index (χ1n) is 9.72. The van der Waals surface area contributed by atoms with Gasteiger partial charge in [-0.3, -0.25) is 4.79 Å². The number of aromatic nitrogens is 2. The smallest absolute Gasteiger partial charge is 0.258 e. The lowest BCUT2D eigenvalue weighted by molar-refractivity contribution is -0.119. The Balaban J connectivity index is 1.63. The number of nitrogens with one attached hydrogen (secondary N) is 1. The van der Waals surface area contributed by atoms with Gasteiger partial charge in [-0.2, -0.15) is 4.98 Å². The first-order valence-corrected chi connectivity index (χ1v) is 9.72. The molecule has 0 bridgehead atoms. The van der Waals surface area contributed by atoms with E-state index in [0.29, 0.717) is 23.2 Å². The number of hydrogen-bond donors (Lipinski definition) is 2. The molecule has 2 aromatic carbocycles. The van der Waals surface area contributed by atoms with E-state index in [-0.39, 0.29) is 18.1 Å². The lowest BCUT2D eigenvalue weighted by Gasteiger charge is -2.12. The maximum atomic E-state index is 11.5. The molecule has 1 aliphatic carbocycles. The topological polar surface area (TPSA) is 103 Å². The van der Waals surface area contributed by atoms with E-state index in [0.717, 1.165) is 35.1 Å². The van der Waals surface area contributed by atoms with Gasteiger partial charge in [0.1, 0.15) is 5.75 Å². The Bertz CT molecular complexity index is 1060. The highest BCUT2D eigenvalue weighted by molar-refractivity contribution is 5.74. The summed E-state index contributed by atoms with van der Waals surface area (Å²) in [4.78, 5) is 16.0. The van der Waals surface area contributed by atoms with Gasteiger partial charge in [-0.15, -0.1) is 0 Å². The van der Waals surface area contributed by atoms with Crippen LogP contribution in [-0.4, -0.2) is 22.2 Å². The number of carbonyl (C=O) groups excluding carboxylic acids is 1. The summed E-state index contributed by atoms with van der Waals surface area (Å²) in [6.07, 6.45) is 1.76. The van der Waals surface area contributed by atoms with Crippen LogP contribution in [0.25, 0.3) is 22.8 Å². The van der Waals surface area contributed by atoms with Gasteiger partial charge in [0.2, 0.25) is 11.7 Å². The minimum Gasteiger partial charge on any atom is -0.489 e. The van der Waals surface area contributed by atoms with Gasteiger partial charge in [0.25, 0.3) is 5.89 Å². The highest BCUT2D eigenvalue weighted by Crippen LogP contribution is 2.37. The maximum Gasteiger partial charge on any atom is 0.258 e. The van der Waals surface area contributed by atoms with Gasteiger partial charge in [0.05, 0.1) is 17.8 Å². The van der Waals surface area contributed by atoms with Crippen LogP contribution in [0.2, 0.25) is 0 Å². The number of fused-ring (bicyclic) bond motifs is 1. The average molecular weight is 392 g/mol. The van der Waals surface area contributed by atoms with Gasteiger partial charge >= 0.3 is 0 Å². The predicted molar refractivity (Wildman–Crippen MR) is 110 cm³/mol. The Kier molecular flexibility index (Phi) is 4.96. The van der Waals surface area contributed by atoms with Crippen LogP contribution in [-0.2, 0) is 11.2 Å². The SMILES string of the molecule is CC(=O)N[C@H]1CCc2c(-c3noc(-c4ccc(OC(C)C)c(N)c4)n3)cccc21.